The molecule has 15 heavy (non-hydrogen) atoms. The molecule has 0 N–H and O–H groups in total. The van der Waals surface area contributed by atoms with Crippen LogP contribution in [0.4, 0.5) is 0 Å². The lowest BCUT2D eigenvalue weighted by atomic mass is 9.90. The molecule has 2 atom stereocenters. The first-order chi connectivity index (χ1) is 7.01. The predicted octanol–water partition coefficient (Wildman–Crippen LogP) is 4.23. The molecular formula is C14H26O. The summed E-state index contributed by atoms with van der Waals surface area (Å²) in [5, 5.41) is 0. The largest absolute Gasteiger partial charge is 0.298 e. The monoisotopic (exact) mass is 210 g/mol. The zero-order valence-corrected chi connectivity index (χ0v) is 10.9. The van der Waals surface area contributed by atoms with Crippen molar-refractivity contribution in [2.45, 2.75) is 53.9 Å². The van der Waals surface area contributed by atoms with Crippen molar-refractivity contribution in [3.63, 3.8) is 0 Å². The minimum Gasteiger partial charge on any atom is -0.298 e. The Hall–Kier alpha value is -0.590. The summed E-state index contributed by atoms with van der Waals surface area (Å²) in [6.07, 6.45) is 6.40. The topological polar surface area (TPSA) is 17.1 Å². The van der Waals surface area contributed by atoms with Gasteiger partial charge in [0.25, 0.3) is 0 Å². The summed E-state index contributed by atoms with van der Waals surface area (Å²) in [7, 11) is 0. The fourth-order valence-electron chi connectivity index (χ4n) is 1.51. The minimum absolute atomic E-state index is 0.516. The number of aldehydes is 1. The summed E-state index contributed by atoms with van der Waals surface area (Å²) in [5.41, 5.74) is 0.983. The summed E-state index contributed by atoms with van der Waals surface area (Å²) in [5.74, 6) is 1.86. The normalized spacial score (nSPS) is 16.5. The van der Waals surface area contributed by atoms with Gasteiger partial charge in [0, 0.05) is 0 Å². The van der Waals surface area contributed by atoms with Gasteiger partial charge in [-0.1, -0.05) is 47.1 Å². The van der Waals surface area contributed by atoms with Gasteiger partial charge in [0.15, 0.2) is 0 Å². The highest BCUT2D eigenvalue weighted by Crippen LogP contribution is 2.19. The summed E-state index contributed by atoms with van der Waals surface area (Å²) in [4.78, 5) is 10.9. The number of carbonyl (C=O) groups is 1. The van der Waals surface area contributed by atoms with Gasteiger partial charge in [-0.2, -0.15) is 0 Å². The maximum absolute atomic E-state index is 10.9. The van der Waals surface area contributed by atoms with Crippen LogP contribution in [0.25, 0.3) is 0 Å². The van der Waals surface area contributed by atoms with Crippen LogP contribution in [0.2, 0.25) is 0 Å². The Morgan fingerprint density at radius 3 is 2.20 bits per heavy atom. The van der Waals surface area contributed by atoms with Crippen LogP contribution in [-0.2, 0) is 4.79 Å². The van der Waals surface area contributed by atoms with E-state index in [4.69, 9.17) is 0 Å². The molecule has 0 saturated carbocycles. The smallest absolute Gasteiger partial charge is 0.145 e. The third-order valence-electron chi connectivity index (χ3n) is 3.18. The number of allylic oxidation sites excluding steroid dienone is 2. The predicted molar refractivity (Wildman–Crippen MR) is 66.8 cm³/mol. The molecule has 0 bridgehead atoms. The molecule has 1 nitrogen and oxygen atoms in total. The number of hydrogen-bond donors (Lipinski definition) is 0. The van der Waals surface area contributed by atoms with Crippen molar-refractivity contribution < 1.29 is 4.79 Å². The van der Waals surface area contributed by atoms with Crippen molar-refractivity contribution in [2.24, 2.45) is 17.8 Å². The molecule has 0 amide bonds. The molecular weight excluding hydrogens is 184 g/mol. The van der Waals surface area contributed by atoms with Crippen LogP contribution in [0.5, 0.6) is 0 Å². The highest BCUT2D eigenvalue weighted by Gasteiger charge is 2.08. The van der Waals surface area contributed by atoms with E-state index in [-0.39, 0.29) is 0 Å². The molecule has 0 fully saturated rings. The van der Waals surface area contributed by atoms with E-state index in [0.29, 0.717) is 17.8 Å². The summed E-state index contributed by atoms with van der Waals surface area (Å²) >= 11 is 0. The van der Waals surface area contributed by atoms with E-state index in [2.05, 4.69) is 40.7 Å². The molecule has 88 valence electrons. The Kier molecular flexibility index (Phi) is 7.37. The molecule has 0 aromatic heterocycles. The van der Waals surface area contributed by atoms with Crippen LogP contribution >= 0.6 is 0 Å². The maximum atomic E-state index is 10.9. The second kappa shape index (κ2) is 7.67. The molecule has 0 radical (unpaired) electrons. The quantitative estimate of drug-likeness (QED) is 0.454. The zero-order valence-electron chi connectivity index (χ0n) is 10.9. The lowest BCUT2D eigenvalue weighted by Crippen LogP contribution is -2.05. The fraction of sp³-hybridized carbons (Fsp3) is 0.786. The van der Waals surface area contributed by atoms with E-state index in [9.17, 15) is 4.79 Å². The molecule has 0 aliphatic rings. The molecule has 0 aliphatic carbocycles. The Labute approximate surface area is 95.0 Å². The second-order valence-corrected chi connectivity index (χ2v) is 5.04. The summed E-state index contributed by atoms with van der Waals surface area (Å²) < 4.78 is 0. The first-order valence-corrected chi connectivity index (χ1v) is 6.17. The van der Waals surface area contributed by atoms with Gasteiger partial charge >= 0.3 is 0 Å². The van der Waals surface area contributed by atoms with Crippen LogP contribution in [0.15, 0.2) is 11.6 Å². The molecule has 0 saturated heterocycles. The highest BCUT2D eigenvalue weighted by atomic mass is 16.1. The number of hydrogen-bond acceptors (Lipinski definition) is 1. The van der Waals surface area contributed by atoms with Gasteiger partial charge in [-0.05, 0) is 36.2 Å². The van der Waals surface area contributed by atoms with Crippen LogP contribution in [0, 0.1) is 17.8 Å². The van der Waals surface area contributed by atoms with E-state index in [1.165, 1.54) is 6.42 Å². The molecule has 0 rings (SSSR count). The van der Waals surface area contributed by atoms with Gasteiger partial charge in [0.2, 0.25) is 0 Å². The van der Waals surface area contributed by atoms with Crippen molar-refractivity contribution >= 4 is 6.29 Å². The highest BCUT2D eigenvalue weighted by molar-refractivity contribution is 5.73. The van der Waals surface area contributed by atoms with E-state index >= 15 is 0 Å². The SMILES string of the molecule is CCC(C)C(C)/C=C(\C=O)CCC(C)C. The Morgan fingerprint density at radius 2 is 1.80 bits per heavy atom. The zero-order chi connectivity index (χ0) is 11.8. The third-order valence-corrected chi connectivity index (χ3v) is 3.18. The van der Waals surface area contributed by atoms with Crippen LogP contribution in [-0.4, -0.2) is 6.29 Å². The second-order valence-electron chi connectivity index (χ2n) is 5.04. The molecule has 0 aromatic rings. The standard InChI is InChI=1S/C14H26O/c1-6-12(4)13(5)9-14(10-15)8-7-11(2)3/h9-13H,6-8H2,1-5H3/b14-9-. The molecule has 1 heteroatoms. The van der Waals surface area contributed by atoms with Crippen molar-refractivity contribution in [2.75, 3.05) is 0 Å². The molecule has 2 unspecified atom stereocenters. The van der Waals surface area contributed by atoms with E-state index in [1.807, 2.05) is 0 Å². The van der Waals surface area contributed by atoms with Crippen LogP contribution < -0.4 is 0 Å². The Bertz CT molecular complexity index is 203. The number of carbonyl (C=O) groups excluding carboxylic acids is 1. The van der Waals surface area contributed by atoms with Gasteiger partial charge < -0.3 is 0 Å². The van der Waals surface area contributed by atoms with E-state index < -0.39 is 0 Å². The molecule has 0 aromatic carbocycles. The van der Waals surface area contributed by atoms with E-state index in [0.717, 1.165) is 24.7 Å². The van der Waals surface area contributed by atoms with Gasteiger partial charge in [0.1, 0.15) is 6.29 Å². The fourth-order valence-corrected chi connectivity index (χ4v) is 1.51. The van der Waals surface area contributed by atoms with E-state index in [1.54, 1.807) is 0 Å². The Morgan fingerprint density at radius 1 is 1.20 bits per heavy atom. The third kappa shape index (κ3) is 6.48. The minimum atomic E-state index is 0.516. The van der Waals surface area contributed by atoms with Crippen molar-refractivity contribution in [3.05, 3.63) is 11.6 Å². The van der Waals surface area contributed by atoms with Gasteiger partial charge in [-0.15, -0.1) is 0 Å². The van der Waals surface area contributed by atoms with Gasteiger partial charge in [-0.3, -0.25) is 4.79 Å². The first kappa shape index (κ1) is 14.4. The Balaban J connectivity index is 4.25. The van der Waals surface area contributed by atoms with Gasteiger partial charge in [0.05, 0.1) is 0 Å². The van der Waals surface area contributed by atoms with Crippen LogP contribution in [0.1, 0.15) is 53.9 Å². The summed E-state index contributed by atoms with van der Waals surface area (Å²) in [6.45, 7) is 11.0. The number of rotatable bonds is 7. The van der Waals surface area contributed by atoms with Crippen molar-refractivity contribution in [1.82, 2.24) is 0 Å². The lowest BCUT2D eigenvalue weighted by molar-refractivity contribution is -0.105. The molecule has 0 aliphatic heterocycles. The molecule has 0 spiro atoms. The average molecular weight is 210 g/mol. The van der Waals surface area contributed by atoms with Crippen molar-refractivity contribution in [3.8, 4) is 0 Å². The van der Waals surface area contributed by atoms with Crippen LogP contribution in [0.3, 0.4) is 0 Å². The summed E-state index contributed by atoms with van der Waals surface area (Å²) in [6, 6.07) is 0. The average Bonchev–Trinajstić information content (AvgIpc) is 2.22. The first-order valence-electron chi connectivity index (χ1n) is 6.17. The van der Waals surface area contributed by atoms with Crippen molar-refractivity contribution in [1.29, 1.82) is 0 Å². The maximum Gasteiger partial charge on any atom is 0.145 e. The molecule has 0 heterocycles. The van der Waals surface area contributed by atoms with Gasteiger partial charge in [-0.25, -0.2) is 0 Å². The lowest BCUT2D eigenvalue weighted by Gasteiger charge is -2.15.